The number of amides is 1. The molecule has 2 aliphatic rings. The van der Waals surface area contributed by atoms with Crippen molar-refractivity contribution >= 4 is 5.91 Å². The summed E-state index contributed by atoms with van der Waals surface area (Å²) in [5, 5.41) is 3.42. The van der Waals surface area contributed by atoms with Gasteiger partial charge in [-0.1, -0.05) is 0 Å². The van der Waals surface area contributed by atoms with Gasteiger partial charge in [0.05, 0.1) is 6.04 Å². The summed E-state index contributed by atoms with van der Waals surface area (Å²) in [5.74, 6) is 0.288. The molecule has 92 valence electrons. The van der Waals surface area contributed by atoms with E-state index in [9.17, 15) is 4.79 Å². The van der Waals surface area contributed by atoms with Crippen LogP contribution in [0.15, 0.2) is 0 Å². The summed E-state index contributed by atoms with van der Waals surface area (Å²) in [6.07, 6.45) is 4.37. The van der Waals surface area contributed by atoms with E-state index in [0.717, 1.165) is 26.0 Å². The molecule has 1 aliphatic heterocycles. The average Bonchev–Trinajstić information content (AvgIpc) is 3.01. The second-order valence-corrected chi connectivity index (χ2v) is 4.94. The largest absolute Gasteiger partial charge is 0.385 e. The minimum atomic E-state index is 0.0810. The minimum absolute atomic E-state index is 0.0810. The molecule has 16 heavy (non-hydrogen) atoms. The second-order valence-electron chi connectivity index (χ2n) is 4.94. The molecule has 1 N–H and O–H groups in total. The Balaban J connectivity index is 1.80. The number of nitrogens with zero attached hydrogens (tertiary/aromatic N) is 1. The van der Waals surface area contributed by atoms with E-state index < -0.39 is 0 Å². The summed E-state index contributed by atoms with van der Waals surface area (Å²) in [4.78, 5) is 14.1. The van der Waals surface area contributed by atoms with Gasteiger partial charge in [0.2, 0.25) is 5.91 Å². The molecule has 4 heteroatoms. The Morgan fingerprint density at radius 1 is 1.50 bits per heavy atom. The number of rotatable bonds is 6. The monoisotopic (exact) mass is 226 g/mol. The smallest absolute Gasteiger partial charge is 0.240 e. The molecule has 2 unspecified atom stereocenters. The highest BCUT2D eigenvalue weighted by Gasteiger charge is 2.37. The van der Waals surface area contributed by atoms with Crippen LogP contribution in [0.25, 0.3) is 0 Å². The Labute approximate surface area is 97.3 Å². The van der Waals surface area contributed by atoms with Crippen molar-refractivity contribution in [1.82, 2.24) is 10.2 Å². The zero-order chi connectivity index (χ0) is 11.5. The zero-order valence-corrected chi connectivity index (χ0v) is 10.2. The molecule has 0 radical (unpaired) electrons. The molecule has 1 saturated heterocycles. The van der Waals surface area contributed by atoms with Crippen molar-refractivity contribution in [2.75, 3.05) is 20.3 Å². The van der Waals surface area contributed by atoms with Gasteiger partial charge in [0, 0.05) is 32.3 Å². The summed E-state index contributed by atoms with van der Waals surface area (Å²) in [5.41, 5.74) is 0. The molecule has 2 atom stereocenters. The standard InChI is InChI=1S/C12H22N2O2/c1-9(6-8-16-2)14-7-5-11(12(14)15)13-10-3-4-10/h9-11,13H,3-8H2,1-2H3. The molecule has 0 spiro atoms. The minimum Gasteiger partial charge on any atom is -0.385 e. The first-order chi connectivity index (χ1) is 7.72. The number of nitrogens with one attached hydrogen (secondary N) is 1. The molecule has 4 nitrogen and oxygen atoms in total. The molecule has 2 fully saturated rings. The van der Waals surface area contributed by atoms with Crippen LogP contribution in [0.1, 0.15) is 32.6 Å². The molecule has 1 aliphatic carbocycles. The molecule has 0 aromatic rings. The summed E-state index contributed by atoms with van der Waals surface area (Å²) < 4.78 is 5.06. The van der Waals surface area contributed by atoms with Crippen LogP contribution in [0.5, 0.6) is 0 Å². The van der Waals surface area contributed by atoms with Crippen LogP contribution in [0.2, 0.25) is 0 Å². The van der Waals surface area contributed by atoms with Crippen LogP contribution >= 0.6 is 0 Å². The SMILES string of the molecule is COCCC(C)N1CCC(NC2CC2)C1=O. The first kappa shape index (κ1) is 11.9. The molecule has 1 heterocycles. The van der Waals surface area contributed by atoms with Crippen molar-refractivity contribution in [3.63, 3.8) is 0 Å². The normalized spacial score (nSPS) is 27.5. The fourth-order valence-corrected chi connectivity index (χ4v) is 2.27. The van der Waals surface area contributed by atoms with Crippen molar-refractivity contribution in [2.24, 2.45) is 0 Å². The first-order valence-corrected chi connectivity index (χ1v) is 6.28. The van der Waals surface area contributed by atoms with Gasteiger partial charge in [0.25, 0.3) is 0 Å². The molecule has 0 bridgehead atoms. The predicted octanol–water partition coefficient (Wildman–Crippen LogP) is 0.764. The molecular formula is C12H22N2O2. The maximum atomic E-state index is 12.1. The third kappa shape index (κ3) is 2.74. The third-order valence-corrected chi connectivity index (χ3v) is 3.53. The highest BCUT2D eigenvalue weighted by Crippen LogP contribution is 2.23. The topological polar surface area (TPSA) is 41.6 Å². The summed E-state index contributed by atoms with van der Waals surface area (Å²) >= 11 is 0. The van der Waals surface area contributed by atoms with Gasteiger partial charge in [0.1, 0.15) is 0 Å². The number of hydrogen-bond acceptors (Lipinski definition) is 3. The Morgan fingerprint density at radius 3 is 2.88 bits per heavy atom. The van der Waals surface area contributed by atoms with Crippen LogP contribution in [0.4, 0.5) is 0 Å². The van der Waals surface area contributed by atoms with Gasteiger partial charge >= 0.3 is 0 Å². The lowest BCUT2D eigenvalue weighted by molar-refractivity contribution is -0.131. The van der Waals surface area contributed by atoms with Crippen LogP contribution in [-0.4, -0.2) is 49.2 Å². The van der Waals surface area contributed by atoms with E-state index in [1.807, 2.05) is 4.90 Å². The summed E-state index contributed by atoms with van der Waals surface area (Å²) in [6, 6.07) is 0.999. The Morgan fingerprint density at radius 2 is 2.25 bits per heavy atom. The number of methoxy groups -OCH3 is 1. The van der Waals surface area contributed by atoms with E-state index in [1.54, 1.807) is 7.11 Å². The van der Waals surface area contributed by atoms with Crippen LogP contribution in [-0.2, 0) is 9.53 Å². The fourth-order valence-electron chi connectivity index (χ4n) is 2.27. The maximum Gasteiger partial charge on any atom is 0.240 e. The average molecular weight is 226 g/mol. The van der Waals surface area contributed by atoms with E-state index in [-0.39, 0.29) is 11.9 Å². The molecule has 2 rings (SSSR count). The van der Waals surface area contributed by atoms with Gasteiger partial charge in [-0.15, -0.1) is 0 Å². The number of ether oxygens (including phenoxy) is 1. The van der Waals surface area contributed by atoms with Gasteiger partial charge < -0.3 is 15.0 Å². The molecule has 1 amide bonds. The Kier molecular flexibility index (Phi) is 3.82. The van der Waals surface area contributed by atoms with Crippen LogP contribution in [0, 0.1) is 0 Å². The van der Waals surface area contributed by atoms with E-state index in [4.69, 9.17) is 4.74 Å². The van der Waals surface area contributed by atoms with Crippen molar-refractivity contribution in [3.8, 4) is 0 Å². The van der Waals surface area contributed by atoms with E-state index >= 15 is 0 Å². The fraction of sp³-hybridized carbons (Fsp3) is 0.917. The lowest BCUT2D eigenvalue weighted by atomic mass is 10.2. The number of carbonyl (C=O) groups excluding carboxylic acids is 1. The summed E-state index contributed by atoms with van der Waals surface area (Å²) in [6.45, 7) is 3.73. The highest BCUT2D eigenvalue weighted by molar-refractivity contribution is 5.84. The number of carbonyl (C=O) groups is 1. The maximum absolute atomic E-state index is 12.1. The van der Waals surface area contributed by atoms with E-state index in [2.05, 4.69) is 12.2 Å². The summed E-state index contributed by atoms with van der Waals surface area (Å²) in [7, 11) is 1.70. The Hall–Kier alpha value is -0.610. The van der Waals surface area contributed by atoms with E-state index in [1.165, 1.54) is 12.8 Å². The van der Waals surface area contributed by atoms with Gasteiger partial charge in [0.15, 0.2) is 0 Å². The predicted molar refractivity (Wildman–Crippen MR) is 62.2 cm³/mol. The van der Waals surface area contributed by atoms with E-state index in [0.29, 0.717) is 12.1 Å². The van der Waals surface area contributed by atoms with Crippen molar-refractivity contribution in [3.05, 3.63) is 0 Å². The second kappa shape index (κ2) is 5.15. The van der Waals surface area contributed by atoms with Gasteiger partial charge in [-0.25, -0.2) is 0 Å². The lowest BCUT2D eigenvalue weighted by Crippen LogP contribution is -2.42. The van der Waals surface area contributed by atoms with Crippen molar-refractivity contribution in [2.45, 2.75) is 50.7 Å². The quantitative estimate of drug-likeness (QED) is 0.727. The van der Waals surface area contributed by atoms with Gasteiger partial charge in [-0.2, -0.15) is 0 Å². The Bertz CT molecular complexity index is 253. The lowest BCUT2D eigenvalue weighted by Gasteiger charge is -2.24. The van der Waals surface area contributed by atoms with Gasteiger partial charge in [-0.3, -0.25) is 4.79 Å². The molecule has 0 aromatic carbocycles. The molecule has 0 aromatic heterocycles. The third-order valence-electron chi connectivity index (χ3n) is 3.53. The number of hydrogen-bond donors (Lipinski definition) is 1. The van der Waals surface area contributed by atoms with Gasteiger partial charge in [-0.05, 0) is 32.6 Å². The van der Waals surface area contributed by atoms with Crippen molar-refractivity contribution in [1.29, 1.82) is 0 Å². The molecular weight excluding hydrogens is 204 g/mol. The zero-order valence-electron chi connectivity index (χ0n) is 10.2. The molecule has 1 saturated carbocycles. The van der Waals surface area contributed by atoms with Crippen LogP contribution < -0.4 is 5.32 Å². The first-order valence-electron chi connectivity index (χ1n) is 6.28. The number of likely N-dealkylation sites (tertiary alicyclic amines) is 1. The highest BCUT2D eigenvalue weighted by atomic mass is 16.5. The van der Waals surface area contributed by atoms with Crippen molar-refractivity contribution < 1.29 is 9.53 Å². The van der Waals surface area contributed by atoms with Crippen LogP contribution in [0.3, 0.4) is 0 Å².